The van der Waals surface area contributed by atoms with Crippen LogP contribution in [0.1, 0.15) is 13.8 Å². The summed E-state index contributed by atoms with van der Waals surface area (Å²) in [6, 6.07) is 8.50. The molecule has 1 saturated heterocycles. The Hall–Kier alpha value is -0.710. The van der Waals surface area contributed by atoms with Gasteiger partial charge in [0.25, 0.3) is 0 Å². The van der Waals surface area contributed by atoms with Crippen LogP contribution in [0.15, 0.2) is 29.2 Å². The summed E-state index contributed by atoms with van der Waals surface area (Å²) in [4.78, 5) is 1.43. The van der Waals surface area contributed by atoms with Gasteiger partial charge in [-0.1, -0.05) is 0 Å². The first-order valence-corrected chi connectivity index (χ1v) is 8.42. The molecular formula is C15H23O3S+. The van der Waals surface area contributed by atoms with Crippen LogP contribution in [0.25, 0.3) is 0 Å². The first-order chi connectivity index (χ1) is 9.25. The van der Waals surface area contributed by atoms with E-state index >= 15 is 0 Å². The Balaban J connectivity index is 1.77. The molecule has 1 aliphatic heterocycles. The maximum atomic E-state index is 5.65. The second kappa shape index (κ2) is 7.78. The Morgan fingerprint density at radius 3 is 2.42 bits per heavy atom. The topological polar surface area (TPSA) is 27.7 Å². The fraction of sp³-hybridized carbons (Fsp3) is 0.600. The molecule has 0 spiro atoms. The Kier molecular flexibility index (Phi) is 6.01. The molecule has 106 valence electrons. The van der Waals surface area contributed by atoms with Crippen LogP contribution in [0, 0.1) is 0 Å². The van der Waals surface area contributed by atoms with Gasteiger partial charge < -0.3 is 14.2 Å². The molecule has 0 aliphatic carbocycles. The molecule has 0 unspecified atom stereocenters. The lowest BCUT2D eigenvalue weighted by Gasteiger charge is -2.14. The predicted octanol–water partition coefficient (Wildman–Crippen LogP) is 2.50. The molecule has 1 aromatic carbocycles. The highest BCUT2D eigenvalue weighted by Gasteiger charge is 2.24. The van der Waals surface area contributed by atoms with Crippen LogP contribution < -0.4 is 4.74 Å². The molecule has 1 aromatic rings. The molecular weight excluding hydrogens is 260 g/mol. The van der Waals surface area contributed by atoms with Gasteiger partial charge in [-0.3, -0.25) is 0 Å². The Labute approximate surface area is 118 Å². The third kappa shape index (κ3) is 5.05. The van der Waals surface area contributed by atoms with Crippen molar-refractivity contribution >= 4 is 10.9 Å². The Morgan fingerprint density at radius 2 is 1.79 bits per heavy atom. The van der Waals surface area contributed by atoms with Gasteiger partial charge in [0.15, 0.2) is 4.90 Å². The van der Waals surface area contributed by atoms with E-state index in [9.17, 15) is 0 Å². The number of hydrogen-bond acceptors (Lipinski definition) is 3. The zero-order valence-electron chi connectivity index (χ0n) is 11.8. The molecule has 4 heteroatoms. The summed E-state index contributed by atoms with van der Waals surface area (Å²) in [6.45, 7) is 7.10. The predicted molar refractivity (Wildman–Crippen MR) is 79.2 cm³/mol. The van der Waals surface area contributed by atoms with Crippen molar-refractivity contribution in [3.05, 3.63) is 24.3 Å². The van der Waals surface area contributed by atoms with Gasteiger partial charge in [0.2, 0.25) is 0 Å². The second-order valence-corrected chi connectivity index (χ2v) is 7.03. The van der Waals surface area contributed by atoms with E-state index in [2.05, 4.69) is 24.3 Å². The van der Waals surface area contributed by atoms with Crippen LogP contribution in [-0.4, -0.2) is 44.0 Å². The maximum absolute atomic E-state index is 5.65. The molecule has 1 fully saturated rings. The normalized spacial score (nSPS) is 16.8. The summed E-state index contributed by atoms with van der Waals surface area (Å²) in [7, 11) is 0.365. The first-order valence-electron chi connectivity index (χ1n) is 6.85. The largest absolute Gasteiger partial charge is 0.491 e. The minimum absolute atomic E-state index is 0.265. The van der Waals surface area contributed by atoms with E-state index in [1.54, 1.807) is 0 Å². The van der Waals surface area contributed by atoms with Crippen molar-refractivity contribution in [2.45, 2.75) is 24.8 Å². The van der Waals surface area contributed by atoms with Crippen LogP contribution in [0.4, 0.5) is 0 Å². The SMILES string of the molecule is CC(C)OCCOc1ccc([S+]2CCOCC2)cc1. The van der Waals surface area contributed by atoms with Crippen molar-refractivity contribution in [3.63, 3.8) is 0 Å². The van der Waals surface area contributed by atoms with Crippen molar-refractivity contribution in [2.75, 3.05) is 37.9 Å². The van der Waals surface area contributed by atoms with Crippen LogP contribution in [0.2, 0.25) is 0 Å². The van der Waals surface area contributed by atoms with Crippen molar-refractivity contribution < 1.29 is 14.2 Å². The first kappa shape index (κ1) is 14.7. The zero-order valence-corrected chi connectivity index (χ0v) is 12.6. The van der Waals surface area contributed by atoms with Crippen molar-refractivity contribution in [1.82, 2.24) is 0 Å². The second-order valence-electron chi connectivity index (χ2n) is 4.75. The third-order valence-corrected chi connectivity index (χ3v) is 5.17. The summed E-state index contributed by atoms with van der Waals surface area (Å²) in [5.41, 5.74) is 0. The van der Waals surface area contributed by atoms with Gasteiger partial charge >= 0.3 is 0 Å². The molecule has 0 bridgehead atoms. The highest BCUT2D eigenvalue weighted by atomic mass is 32.2. The summed E-state index contributed by atoms with van der Waals surface area (Å²) < 4.78 is 16.5. The smallest absolute Gasteiger partial charge is 0.155 e. The molecule has 0 aromatic heterocycles. The zero-order chi connectivity index (χ0) is 13.5. The molecule has 0 amide bonds. The minimum Gasteiger partial charge on any atom is -0.491 e. The molecule has 3 nitrogen and oxygen atoms in total. The van der Waals surface area contributed by atoms with Crippen LogP contribution in [0.3, 0.4) is 0 Å². The summed E-state index contributed by atoms with van der Waals surface area (Å²) in [5, 5.41) is 0. The van der Waals surface area contributed by atoms with Gasteiger partial charge in [0, 0.05) is 10.9 Å². The van der Waals surface area contributed by atoms with Crippen molar-refractivity contribution in [1.29, 1.82) is 0 Å². The van der Waals surface area contributed by atoms with Crippen LogP contribution in [0.5, 0.6) is 5.75 Å². The Morgan fingerprint density at radius 1 is 1.11 bits per heavy atom. The van der Waals surface area contributed by atoms with E-state index in [4.69, 9.17) is 14.2 Å². The quantitative estimate of drug-likeness (QED) is 0.593. The summed E-state index contributed by atoms with van der Waals surface area (Å²) in [6.07, 6.45) is 0.265. The molecule has 1 heterocycles. The van der Waals surface area contributed by atoms with Gasteiger partial charge in [-0.2, -0.15) is 0 Å². The van der Waals surface area contributed by atoms with E-state index in [1.807, 2.05) is 13.8 Å². The monoisotopic (exact) mass is 283 g/mol. The van der Waals surface area contributed by atoms with Gasteiger partial charge in [-0.05, 0) is 38.1 Å². The average Bonchev–Trinajstić information content (AvgIpc) is 2.45. The van der Waals surface area contributed by atoms with E-state index in [1.165, 1.54) is 4.90 Å². The summed E-state index contributed by atoms with van der Waals surface area (Å²) >= 11 is 0. The van der Waals surface area contributed by atoms with Crippen LogP contribution >= 0.6 is 0 Å². The molecule has 0 N–H and O–H groups in total. The van der Waals surface area contributed by atoms with Crippen molar-refractivity contribution in [2.24, 2.45) is 0 Å². The summed E-state index contributed by atoms with van der Waals surface area (Å²) in [5.74, 6) is 3.23. The Bertz CT molecular complexity index is 358. The van der Waals surface area contributed by atoms with Gasteiger partial charge in [0.1, 0.15) is 23.9 Å². The molecule has 0 radical (unpaired) electrons. The molecule has 0 atom stereocenters. The van der Waals surface area contributed by atoms with Crippen molar-refractivity contribution in [3.8, 4) is 5.75 Å². The highest BCUT2D eigenvalue weighted by molar-refractivity contribution is 7.97. The lowest BCUT2D eigenvalue weighted by Crippen LogP contribution is -2.26. The van der Waals surface area contributed by atoms with E-state index in [0.717, 1.165) is 30.5 Å². The lowest BCUT2D eigenvalue weighted by molar-refractivity contribution is 0.0552. The number of hydrogen-bond donors (Lipinski definition) is 0. The lowest BCUT2D eigenvalue weighted by atomic mass is 10.3. The third-order valence-electron chi connectivity index (χ3n) is 2.91. The average molecular weight is 283 g/mol. The number of ether oxygens (including phenoxy) is 3. The molecule has 2 rings (SSSR count). The fourth-order valence-corrected chi connectivity index (χ4v) is 3.77. The van der Waals surface area contributed by atoms with E-state index in [0.29, 0.717) is 24.1 Å². The van der Waals surface area contributed by atoms with E-state index in [-0.39, 0.29) is 6.10 Å². The maximum Gasteiger partial charge on any atom is 0.155 e. The molecule has 19 heavy (non-hydrogen) atoms. The molecule has 0 saturated carbocycles. The molecule has 1 aliphatic rings. The van der Waals surface area contributed by atoms with Gasteiger partial charge in [0.05, 0.1) is 25.9 Å². The number of benzene rings is 1. The van der Waals surface area contributed by atoms with Crippen LogP contribution in [-0.2, 0) is 20.4 Å². The van der Waals surface area contributed by atoms with E-state index < -0.39 is 0 Å². The highest BCUT2D eigenvalue weighted by Crippen LogP contribution is 2.20. The fourth-order valence-electron chi connectivity index (χ4n) is 1.93. The number of rotatable bonds is 6. The van der Waals surface area contributed by atoms with Gasteiger partial charge in [-0.25, -0.2) is 0 Å². The standard InChI is InChI=1S/C15H23O3S/c1-13(2)17-7-8-18-14-3-5-15(6-4-14)19-11-9-16-10-12-19/h3-6,13H,7-12H2,1-2H3/q+1. The van der Waals surface area contributed by atoms with Gasteiger partial charge in [-0.15, -0.1) is 0 Å². The minimum atomic E-state index is 0.265.